The fourth-order valence-electron chi connectivity index (χ4n) is 2.66. The Morgan fingerprint density at radius 1 is 1.41 bits per heavy atom. The molecule has 0 saturated carbocycles. The number of amides is 2. The van der Waals surface area contributed by atoms with Crippen molar-refractivity contribution in [3.8, 4) is 0 Å². The Morgan fingerprint density at radius 2 is 2.14 bits per heavy atom. The van der Waals surface area contributed by atoms with Crippen LogP contribution in [0, 0.1) is 5.92 Å². The lowest BCUT2D eigenvalue weighted by Crippen LogP contribution is -2.46. The number of urea groups is 1. The summed E-state index contributed by atoms with van der Waals surface area (Å²) in [6.07, 6.45) is 1.19. The van der Waals surface area contributed by atoms with Gasteiger partial charge >= 0.3 is 12.0 Å². The predicted molar refractivity (Wildman–Crippen MR) is 81.7 cm³/mol. The molecule has 2 unspecified atom stereocenters. The lowest BCUT2D eigenvalue weighted by molar-refractivity contribution is -0.141. The minimum atomic E-state index is -0.840. The summed E-state index contributed by atoms with van der Waals surface area (Å²) in [5, 5.41) is 11.9. The standard InChI is InChI=1S/C16H22N2O4/c1-22-11-14(9-12-5-3-2-4-6-12)17-16(21)18-8-7-13(10-18)15(19)20/h2-6,13-14H,7-11H2,1H3,(H,17,21)(H,19,20). The van der Waals surface area contributed by atoms with Crippen LogP contribution in [-0.2, 0) is 16.0 Å². The molecule has 6 heteroatoms. The molecule has 2 N–H and O–H groups in total. The van der Waals surface area contributed by atoms with E-state index in [1.807, 2.05) is 30.3 Å². The van der Waals surface area contributed by atoms with Gasteiger partial charge in [0.1, 0.15) is 0 Å². The molecular formula is C16H22N2O4. The Morgan fingerprint density at radius 3 is 2.73 bits per heavy atom. The Bertz CT molecular complexity index is 506. The van der Waals surface area contributed by atoms with Crippen LogP contribution < -0.4 is 5.32 Å². The van der Waals surface area contributed by atoms with Crippen molar-refractivity contribution in [1.29, 1.82) is 0 Å². The molecule has 2 amide bonds. The molecule has 1 saturated heterocycles. The van der Waals surface area contributed by atoms with Crippen LogP contribution in [-0.4, -0.2) is 54.9 Å². The first-order valence-electron chi connectivity index (χ1n) is 7.41. The molecule has 1 aliphatic rings. The van der Waals surface area contributed by atoms with E-state index in [0.29, 0.717) is 26.0 Å². The summed E-state index contributed by atoms with van der Waals surface area (Å²) in [4.78, 5) is 24.8. The molecule has 6 nitrogen and oxygen atoms in total. The van der Waals surface area contributed by atoms with Crippen LogP contribution >= 0.6 is 0 Å². The second-order valence-corrected chi connectivity index (χ2v) is 5.56. The van der Waals surface area contributed by atoms with Gasteiger partial charge in [0.25, 0.3) is 0 Å². The van der Waals surface area contributed by atoms with Gasteiger partial charge in [-0.15, -0.1) is 0 Å². The first-order valence-corrected chi connectivity index (χ1v) is 7.41. The SMILES string of the molecule is COCC(Cc1ccccc1)NC(=O)N1CCC(C(=O)O)C1. The molecule has 0 aromatic heterocycles. The van der Waals surface area contributed by atoms with Crippen molar-refractivity contribution < 1.29 is 19.4 Å². The Labute approximate surface area is 130 Å². The Hall–Kier alpha value is -2.08. The van der Waals surface area contributed by atoms with E-state index >= 15 is 0 Å². The molecule has 1 heterocycles. The lowest BCUT2D eigenvalue weighted by Gasteiger charge is -2.23. The maximum atomic E-state index is 12.3. The number of likely N-dealkylation sites (tertiary alicyclic amines) is 1. The smallest absolute Gasteiger partial charge is 0.317 e. The van der Waals surface area contributed by atoms with Crippen LogP contribution in [0.1, 0.15) is 12.0 Å². The van der Waals surface area contributed by atoms with E-state index in [2.05, 4.69) is 5.32 Å². The first kappa shape index (κ1) is 16.3. The van der Waals surface area contributed by atoms with Gasteiger partial charge < -0.3 is 20.1 Å². The normalized spacial score (nSPS) is 19.0. The molecule has 22 heavy (non-hydrogen) atoms. The minimum Gasteiger partial charge on any atom is -0.481 e. The van der Waals surface area contributed by atoms with E-state index < -0.39 is 11.9 Å². The number of carboxylic acids is 1. The van der Waals surface area contributed by atoms with E-state index in [4.69, 9.17) is 9.84 Å². The number of ether oxygens (including phenoxy) is 1. The molecule has 1 aromatic rings. The molecule has 0 spiro atoms. The number of nitrogens with zero attached hydrogens (tertiary/aromatic N) is 1. The average molecular weight is 306 g/mol. The van der Waals surface area contributed by atoms with Crippen LogP contribution in [0.2, 0.25) is 0 Å². The molecule has 1 aromatic carbocycles. The highest BCUT2D eigenvalue weighted by atomic mass is 16.5. The van der Waals surface area contributed by atoms with Gasteiger partial charge in [0, 0.05) is 20.2 Å². The number of rotatable bonds is 6. The van der Waals surface area contributed by atoms with Crippen LogP contribution in [0.25, 0.3) is 0 Å². The van der Waals surface area contributed by atoms with Crippen LogP contribution in [0.3, 0.4) is 0 Å². The zero-order valence-corrected chi connectivity index (χ0v) is 12.7. The first-order chi connectivity index (χ1) is 10.6. The fraction of sp³-hybridized carbons (Fsp3) is 0.500. The second kappa shape index (κ2) is 7.79. The number of carbonyl (C=O) groups excluding carboxylic acids is 1. The van der Waals surface area contributed by atoms with Gasteiger partial charge in [-0.2, -0.15) is 0 Å². The summed E-state index contributed by atoms with van der Waals surface area (Å²) in [6, 6.07) is 9.52. The van der Waals surface area contributed by atoms with Crippen molar-refractivity contribution in [2.45, 2.75) is 18.9 Å². The molecule has 120 valence electrons. The van der Waals surface area contributed by atoms with Gasteiger partial charge in [-0.25, -0.2) is 4.79 Å². The quantitative estimate of drug-likeness (QED) is 0.832. The molecule has 1 aliphatic heterocycles. The van der Waals surface area contributed by atoms with E-state index in [-0.39, 0.29) is 18.6 Å². The Kier molecular flexibility index (Phi) is 5.77. The van der Waals surface area contributed by atoms with E-state index in [9.17, 15) is 9.59 Å². The molecule has 1 fully saturated rings. The van der Waals surface area contributed by atoms with E-state index in [0.717, 1.165) is 5.56 Å². The minimum absolute atomic E-state index is 0.135. The maximum absolute atomic E-state index is 12.3. The molecule has 0 aliphatic carbocycles. The third-order valence-corrected chi connectivity index (χ3v) is 3.85. The summed E-state index contributed by atoms with van der Waals surface area (Å²) in [7, 11) is 1.60. The molecule has 0 bridgehead atoms. The number of hydrogen-bond donors (Lipinski definition) is 2. The topological polar surface area (TPSA) is 78.9 Å². The van der Waals surface area contributed by atoms with Crippen LogP contribution in [0.4, 0.5) is 4.79 Å². The fourth-order valence-corrected chi connectivity index (χ4v) is 2.66. The number of aliphatic carboxylic acids is 1. The van der Waals surface area contributed by atoms with Gasteiger partial charge in [0.2, 0.25) is 0 Å². The maximum Gasteiger partial charge on any atom is 0.317 e. The van der Waals surface area contributed by atoms with Gasteiger partial charge in [-0.1, -0.05) is 30.3 Å². The van der Waals surface area contributed by atoms with Gasteiger partial charge in [0.15, 0.2) is 0 Å². The van der Waals surface area contributed by atoms with Gasteiger partial charge in [-0.3, -0.25) is 4.79 Å². The summed E-state index contributed by atoms with van der Waals surface area (Å²) in [5.41, 5.74) is 1.12. The second-order valence-electron chi connectivity index (χ2n) is 5.56. The number of nitrogens with one attached hydrogen (secondary N) is 1. The van der Waals surface area contributed by atoms with Gasteiger partial charge in [-0.05, 0) is 18.4 Å². The Balaban J connectivity index is 1.90. The predicted octanol–water partition coefficient (Wildman–Crippen LogP) is 1.36. The van der Waals surface area contributed by atoms with E-state index in [1.54, 1.807) is 12.0 Å². The van der Waals surface area contributed by atoms with Crippen molar-refractivity contribution in [3.05, 3.63) is 35.9 Å². The third-order valence-electron chi connectivity index (χ3n) is 3.85. The average Bonchev–Trinajstić information content (AvgIpc) is 2.98. The molecule has 0 radical (unpaired) electrons. The van der Waals surface area contributed by atoms with Crippen molar-refractivity contribution in [3.63, 3.8) is 0 Å². The molecule has 2 atom stereocenters. The highest BCUT2D eigenvalue weighted by Gasteiger charge is 2.31. The summed E-state index contributed by atoms with van der Waals surface area (Å²) in [5.74, 6) is -1.30. The van der Waals surface area contributed by atoms with Gasteiger partial charge in [0.05, 0.1) is 18.6 Å². The third kappa shape index (κ3) is 4.46. The number of carbonyl (C=O) groups is 2. The van der Waals surface area contributed by atoms with Crippen molar-refractivity contribution in [1.82, 2.24) is 10.2 Å². The molecule has 2 rings (SSSR count). The highest BCUT2D eigenvalue weighted by Crippen LogP contribution is 2.16. The number of carboxylic acid groups (broad SMARTS) is 1. The van der Waals surface area contributed by atoms with E-state index in [1.165, 1.54) is 0 Å². The number of hydrogen-bond acceptors (Lipinski definition) is 3. The van der Waals surface area contributed by atoms with Crippen molar-refractivity contribution >= 4 is 12.0 Å². The number of benzene rings is 1. The summed E-state index contributed by atoms with van der Waals surface area (Å²) in [6.45, 7) is 1.16. The lowest BCUT2D eigenvalue weighted by atomic mass is 10.1. The van der Waals surface area contributed by atoms with Crippen molar-refractivity contribution in [2.75, 3.05) is 26.8 Å². The van der Waals surface area contributed by atoms with Crippen molar-refractivity contribution in [2.24, 2.45) is 5.92 Å². The largest absolute Gasteiger partial charge is 0.481 e. The number of methoxy groups -OCH3 is 1. The summed E-state index contributed by atoms with van der Waals surface area (Å²) < 4.78 is 5.17. The summed E-state index contributed by atoms with van der Waals surface area (Å²) >= 11 is 0. The zero-order valence-electron chi connectivity index (χ0n) is 12.7. The molecular weight excluding hydrogens is 284 g/mol. The highest BCUT2D eigenvalue weighted by molar-refractivity contribution is 5.77. The van der Waals surface area contributed by atoms with Crippen LogP contribution in [0.15, 0.2) is 30.3 Å². The monoisotopic (exact) mass is 306 g/mol. The van der Waals surface area contributed by atoms with Crippen LogP contribution in [0.5, 0.6) is 0 Å². The zero-order chi connectivity index (χ0) is 15.9.